The van der Waals surface area contributed by atoms with E-state index in [2.05, 4.69) is 10.3 Å². The maximum absolute atomic E-state index is 12.4. The minimum Gasteiger partial charge on any atom is -0.483 e. The number of anilines is 1. The van der Waals surface area contributed by atoms with Gasteiger partial charge in [-0.3, -0.25) is 4.79 Å². The van der Waals surface area contributed by atoms with E-state index in [4.69, 9.17) is 20.8 Å². The molecule has 33 heavy (non-hydrogen) atoms. The second kappa shape index (κ2) is 8.60. The van der Waals surface area contributed by atoms with Crippen LogP contribution in [0.15, 0.2) is 77.2 Å². The van der Waals surface area contributed by atoms with Gasteiger partial charge < -0.3 is 14.5 Å². The summed E-state index contributed by atoms with van der Waals surface area (Å²) in [6.45, 7) is 3.90. The Kier molecular flexibility index (Phi) is 5.48. The van der Waals surface area contributed by atoms with E-state index in [9.17, 15) is 4.79 Å². The third kappa shape index (κ3) is 4.28. The Bertz CT molecular complexity index is 1510. The van der Waals surface area contributed by atoms with Gasteiger partial charge in [0.2, 0.25) is 5.89 Å². The van der Waals surface area contributed by atoms with Gasteiger partial charge in [0, 0.05) is 21.7 Å². The van der Waals surface area contributed by atoms with Crippen LogP contribution in [0.4, 0.5) is 5.69 Å². The smallest absolute Gasteiger partial charge is 0.262 e. The molecule has 1 aromatic heterocycles. The third-order valence-corrected chi connectivity index (χ3v) is 5.79. The number of hydrogen-bond acceptors (Lipinski definition) is 4. The first-order valence-electron chi connectivity index (χ1n) is 10.6. The zero-order valence-electron chi connectivity index (χ0n) is 18.2. The Morgan fingerprint density at radius 2 is 1.82 bits per heavy atom. The van der Waals surface area contributed by atoms with Crippen LogP contribution in [0.3, 0.4) is 0 Å². The van der Waals surface area contributed by atoms with Gasteiger partial charge in [0.15, 0.2) is 12.2 Å². The number of nitrogens with zero attached hydrogens (tertiary/aromatic N) is 1. The summed E-state index contributed by atoms with van der Waals surface area (Å²) >= 11 is 6.34. The molecule has 5 rings (SSSR count). The van der Waals surface area contributed by atoms with Gasteiger partial charge in [0.1, 0.15) is 11.3 Å². The number of carbonyl (C=O) groups is 1. The van der Waals surface area contributed by atoms with Gasteiger partial charge in [0.05, 0.1) is 0 Å². The lowest BCUT2D eigenvalue weighted by atomic mass is 10.0. The van der Waals surface area contributed by atoms with Gasteiger partial charge in [-0.25, -0.2) is 4.98 Å². The number of aryl methyl sites for hydroxylation is 2. The number of nitrogens with one attached hydrogen (secondary N) is 1. The number of rotatable bonds is 5. The molecular formula is C27H21ClN2O3. The van der Waals surface area contributed by atoms with Gasteiger partial charge in [-0.05, 0) is 61.2 Å². The number of carbonyl (C=O) groups excluding carboxylic acids is 1. The van der Waals surface area contributed by atoms with Crippen molar-refractivity contribution in [2.24, 2.45) is 0 Å². The van der Waals surface area contributed by atoms with Crippen LogP contribution in [0.1, 0.15) is 11.1 Å². The largest absolute Gasteiger partial charge is 0.483 e. The predicted octanol–water partition coefficient (Wildman–Crippen LogP) is 6.94. The summed E-state index contributed by atoms with van der Waals surface area (Å²) in [6, 6.07) is 22.8. The number of fused-ring (bicyclic) bond motifs is 2. The Hall–Kier alpha value is -3.83. The summed E-state index contributed by atoms with van der Waals surface area (Å²) in [5.41, 5.74) is 4.91. The van der Waals surface area contributed by atoms with E-state index in [1.54, 1.807) is 18.2 Å². The highest BCUT2D eigenvalue weighted by atomic mass is 35.5. The highest BCUT2D eigenvalue weighted by Gasteiger charge is 2.14. The molecule has 0 unspecified atom stereocenters. The molecule has 0 bridgehead atoms. The van der Waals surface area contributed by atoms with Crippen LogP contribution in [-0.4, -0.2) is 17.5 Å². The van der Waals surface area contributed by atoms with Gasteiger partial charge in [-0.15, -0.1) is 0 Å². The molecule has 4 aromatic carbocycles. The average Bonchev–Trinajstić information content (AvgIpc) is 3.22. The van der Waals surface area contributed by atoms with E-state index in [-0.39, 0.29) is 12.5 Å². The normalized spacial score (nSPS) is 11.1. The fourth-order valence-corrected chi connectivity index (χ4v) is 4.12. The lowest BCUT2D eigenvalue weighted by Crippen LogP contribution is -2.20. The third-order valence-electron chi connectivity index (χ3n) is 5.46. The summed E-state index contributed by atoms with van der Waals surface area (Å²) in [6.07, 6.45) is 0. The molecule has 5 nitrogen and oxygen atoms in total. The molecule has 1 amide bonds. The molecule has 164 valence electrons. The zero-order valence-corrected chi connectivity index (χ0v) is 18.9. The SMILES string of the molecule is Cc1ccc(OCC(=O)Nc2ccc3oc(-c4cccc5c(Cl)cccc45)nc3c2)c(C)c1. The monoisotopic (exact) mass is 456 g/mol. The van der Waals surface area contributed by atoms with E-state index >= 15 is 0 Å². The van der Waals surface area contributed by atoms with Gasteiger partial charge >= 0.3 is 0 Å². The maximum Gasteiger partial charge on any atom is 0.262 e. The van der Waals surface area contributed by atoms with Gasteiger partial charge in [-0.2, -0.15) is 0 Å². The zero-order chi connectivity index (χ0) is 22.9. The summed E-state index contributed by atoms with van der Waals surface area (Å²) in [5, 5.41) is 5.44. The summed E-state index contributed by atoms with van der Waals surface area (Å²) in [4.78, 5) is 17.1. The van der Waals surface area contributed by atoms with Crippen LogP contribution in [-0.2, 0) is 4.79 Å². The summed E-state index contributed by atoms with van der Waals surface area (Å²) in [5.74, 6) is 0.948. The van der Waals surface area contributed by atoms with Gasteiger partial charge in [-0.1, -0.05) is 53.6 Å². The van der Waals surface area contributed by atoms with Crippen molar-refractivity contribution < 1.29 is 13.9 Å². The molecule has 1 N–H and O–H groups in total. The molecule has 5 aromatic rings. The molecule has 0 saturated carbocycles. The number of hydrogen-bond donors (Lipinski definition) is 1. The second-order valence-electron chi connectivity index (χ2n) is 7.95. The standard InChI is InChI=1S/C27H21ClN2O3/c1-16-9-11-24(17(2)13-16)32-15-26(31)29-18-10-12-25-23(14-18)30-27(33-25)21-7-3-6-20-19(21)5-4-8-22(20)28/h3-14H,15H2,1-2H3,(H,29,31). The van der Waals surface area contributed by atoms with Crippen molar-refractivity contribution in [3.63, 3.8) is 0 Å². The van der Waals surface area contributed by atoms with Crippen molar-refractivity contribution in [3.05, 3.63) is 88.9 Å². The van der Waals surface area contributed by atoms with Crippen molar-refractivity contribution >= 4 is 45.1 Å². The number of ether oxygens (including phenoxy) is 1. The molecule has 0 aliphatic carbocycles. The van der Waals surface area contributed by atoms with E-state index in [1.165, 1.54) is 0 Å². The predicted molar refractivity (Wildman–Crippen MR) is 132 cm³/mol. The molecule has 0 spiro atoms. The molecule has 1 heterocycles. The summed E-state index contributed by atoms with van der Waals surface area (Å²) in [7, 11) is 0. The molecule has 0 aliphatic rings. The van der Waals surface area contributed by atoms with E-state index < -0.39 is 0 Å². The second-order valence-corrected chi connectivity index (χ2v) is 8.36. The quantitative estimate of drug-likeness (QED) is 0.311. The molecule has 0 saturated heterocycles. The Morgan fingerprint density at radius 1 is 1.00 bits per heavy atom. The molecule has 0 radical (unpaired) electrons. The summed E-state index contributed by atoms with van der Waals surface area (Å²) < 4.78 is 11.7. The van der Waals surface area contributed by atoms with Crippen molar-refractivity contribution in [1.82, 2.24) is 4.98 Å². The van der Waals surface area contributed by atoms with E-state index in [0.29, 0.717) is 33.4 Å². The highest BCUT2D eigenvalue weighted by molar-refractivity contribution is 6.35. The van der Waals surface area contributed by atoms with Crippen LogP contribution in [0.2, 0.25) is 5.02 Å². The number of amides is 1. The topological polar surface area (TPSA) is 64.4 Å². The number of halogens is 1. The highest BCUT2D eigenvalue weighted by Crippen LogP contribution is 2.34. The molecule has 6 heteroatoms. The molecule has 0 fully saturated rings. The lowest BCUT2D eigenvalue weighted by molar-refractivity contribution is -0.118. The Morgan fingerprint density at radius 3 is 2.67 bits per heavy atom. The lowest BCUT2D eigenvalue weighted by Gasteiger charge is -2.10. The number of aromatic nitrogens is 1. The molecule has 0 aliphatic heterocycles. The van der Waals surface area contributed by atoms with Crippen molar-refractivity contribution in [2.45, 2.75) is 13.8 Å². The van der Waals surface area contributed by atoms with Crippen LogP contribution in [0.5, 0.6) is 5.75 Å². The fraction of sp³-hybridized carbons (Fsp3) is 0.111. The first kappa shape index (κ1) is 21.0. The Balaban J connectivity index is 1.36. The minimum atomic E-state index is -0.248. The Labute approximate surface area is 196 Å². The van der Waals surface area contributed by atoms with Crippen LogP contribution < -0.4 is 10.1 Å². The van der Waals surface area contributed by atoms with Crippen molar-refractivity contribution in [3.8, 4) is 17.2 Å². The molecule has 0 atom stereocenters. The van der Waals surface area contributed by atoms with Crippen LogP contribution in [0, 0.1) is 13.8 Å². The van der Waals surface area contributed by atoms with Crippen molar-refractivity contribution in [2.75, 3.05) is 11.9 Å². The van der Waals surface area contributed by atoms with Crippen LogP contribution >= 0.6 is 11.6 Å². The van der Waals surface area contributed by atoms with E-state index in [1.807, 2.05) is 68.4 Å². The van der Waals surface area contributed by atoms with E-state index in [0.717, 1.165) is 27.5 Å². The first-order chi connectivity index (χ1) is 16.0. The van der Waals surface area contributed by atoms with Crippen molar-refractivity contribution in [1.29, 1.82) is 0 Å². The fourth-order valence-electron chi connectivity index (χ4n) is 3.88. The number of oxazole rings is 1. The minimum absolute atomic E-state index is 0.0806. The first-order valence-corrected chi connectivity index (χ1v) is 10.9. The van der Waals surface area contributed by atoms with Gasteiger partial charge in [0.25, 0.3) is 5.91 Å². The molecular weight excluding hydrogens is 436 g/mol. The van der Waals surface area contributed by atoms with Crippen LogP contribution in [0.25, 0.3) is 33.3 Å². The average molecular weight is 457 g/mol. The number of benzene rings is 4. The maximum atomic E-state index is 12.4.